The van der Waals surface area contributed by atoms with E-state index in [9.17, 15) is 26.3 Å². The van der Waals surface area contributed by atoms with Gasteiger partial charge in [-0.25, -0.2) is 13.2 Å². The van der Waals surface area contributed by atoms with Gasteiger partial charge in [-0.05, 0) is 0 Å². The van der Waals surface area contributed by atoms with E-state index in [1.807, 2.05) is 0 Å². The van der Waals surface area contributed by atoms with Crippen LogP contribution in [0.5, 0.6) is 0 Å². The Morgan fingerprint density at radius 2 is 0.615 bits per heavy atom. The molecule has 1 saturated carbocycles. The zero-order valence-electron chi connectivity index (χ0n) is 19.5. The lowest BCUT2D eigenvalue weighted by molar-refractivity contribution is -0.507. The smallest absolute Gasteiger partial charge is 0.339 e. The van der Waals surface area contributed by atoms with Gasteiger partial charge >= 0.3 is 52.5 Å². The van der Waals surface area contributed by atoms with Gasteiger partial charge in [-0.1, -0.05) is 18.2 Å². The number of halogens is 15. The highest BCUT2D eigenvalue weighted by Gasteiger charge is 3.08. The molecule has 3 nitrogen and oxygen atoms in total. The molecule has 1 fully saturated rings. The highest BCUT2D eigenvalue weighted by molar-refractivity contribution is 5.39. The van der Waals surface area contributed by atoms with Gasteiger partial charge in [0.2, 0.25) is 0 Å². The maximum atomic E-state index is 15.6. The van der Waals surface area contributed by atoms with Crippen LogP contribution in [0, 0.1) is 0 Å². The largest absolute Gasteiger partial charge is 0.371 e. The second-order valence-corrected chi connectivity index (χ2v) is 8.22. The second-order valence-electron chi connectivity index (χ2n) is 8.22. The van der Waals surface area contributed by atoms with E-state index in [-0.39, 0.29) is 0 Å². The highest BCUT2D eigenvalue weighted by atomic mass is 19.3. The molecule has 0 aromatic rings. The van der Waals surface area contributed by atoms with Gasteiger partial charge in [0.05, 0.1) is 19.8 Å². The van der Waals surface area contributed by atoms with Crippen molar-refractivity contribution in [3.63, 3.8) is 0 Å². The Kier molecular flexibility index (Phi) is 9.71. The predicted molar refractivity (Wildman–Crippen MR) is 104 cm³/mol. The van der Waals surface area contributed by atoms with Crippen LogP contribution >= 0.6 is 0 Å². The highest BCUT2D eigenvalue weighted by Crippen LogP contribution is 2.76. The van der Waals surface area contributed by atoms with E-state index >= 15 is 39.5 Å². The molecule has 0 atom stereocenters. The van der Waals surface area contributed by atoms with E-state index in [1.54, 1.807) is 0 Å². The monoisotopic (exact) mass is 606 g/mol. The minimum absolute atomic E-state index is 0.515. The zero-order valence-corrected chi connectivity index (χ0v) is 19.5. The van der Waals surface area contributed by atoms with Crippen LogP contribution in [0.3, 0.4) is 0 Å². The summed E-state index contributed by atoms with van der Waals surface area (Å²) in [5, 5.41) is 0. The first-order chi connectivity index (χ1) is 17.4. The molecule has 0 amide bonds. The number of alkyl halides is 15. The molecule has 1 aliphatic rings. The van der Waals surface area contributed by atoms with E-state index < -0.39 is 92.2 Å². The average molecular weight is 606 g/mol. The summed E-state index contributed by atoms with van der Waals surface area (Å²) < 4.78 is 237. The summed E-state index contributed by atoms with van der Waals surface area (Å²) in [6, 6.07) is 0. The lowest BCUT2D eigenvalue weighted by Gasteiger charge is -2.61. The summed E-state index contributed by atoms with van der Waals surface area (Å²) in [5.41, 5.74) is -23.6. The van der Waals surface area contributed by atoms with Crippen LogP contribution in [-0.2, 0) is 14.2 Å². The Hall–Kier alpha value is -1.95. The van der Waals surface area contributed by atoms with E-state index in [2.05, 4.69) is 33.9 Å². The molecule has 0 heterocycles. The van der Waals surface area contributed by atoms with Crippen molar-refractivity contribution in [1.82, 2.24) is 0 Å². The average Bonchev–Trinajstić information content (AvgIpc) is 2.80. The van der Waals surface area contributed by atoms with Gasteiger partial charge in [-0.2, -0.15) is 52.7 Å². The Labute approximate surface area is 211 Å². The normalized spacial score (nSPS) is 30.5. The number of ether oxygens (including phenoxy) is 3. The standard InChI is InChI=1S/C21H21F15O3/c1-4-7-37-10-13(22,23)16(28)19(31,32)17(29,14(24,25)11-38-8-5-2)21(35,36)18(30,20(16,33)34)15(26,27)12-39-9-6-3/h4-6H,1-3,7-12H2. The predicted octanol–water partition coefficient (Wildman–Crippen LogP) is 6.54. The molecule has 0 bridgehead atoms. The first kappa shape index (κ1) is 35.1. The Morgan fingerprint density at radius 3 is 0.769 bits per heavy atom. The van der Waals surface area contributed by atoms with Gasteiger partial charge < -0.3 is 14.2 Å². The number of rotatable bonds is 15. The molecule has 0 aromatic heterocycles. The quantitative estimate of drug-likeness (QED) is 0.120. The van der Waals surface area contributed by atoms with Gasteiger partial charge in [0.1, 0.15) is 19.8 Å². The summed E-state index contributed by atoms with van der Waals surface area (Å²) >= 11 is 0. The fourth-order valence-corrected chi connectivity index (χ4v) is 3.79. The molecular formula is C21H21F15O3. The van der Waals surface area contributed by atoms with Crippen LogP contribution in [0.2, 0.25) is 0 Å². The Morgan fingerprint density at radius 1 is 0.436 bits per heavy atom. The topological polar surface area (TPSA) is 27.7 Å². The Balaban J connectivity index is 4.26. The molecule has 0 saturated heterocycles. The third kappa shape index (κ3) is 4.44. The van der Waals surface area contributed by atoms with Gasteiger partial charge in [-0.15, -0.1) is 19.7 Å². The van der Waals surface area contributed by atoms with Crippen LogP contribution in [0.25, 0.3) is 0 Å². The summed E-state index contributed by atoms with van der Waals surface area (Å²) in [6.45, 7) is -4.31. The summed E-state index contributed by atoms with van der Waals surface area (Å²) in [7, 11) is 0. The third-order valence-corrected chi connectivity index (χ3v) is 5.67. The zero-order chi connectivity index (χ0) is 31.0. The SMILES string of the molecule is C=CCOCC(F)(F)C1(F)C(F)(F)C(F)(C(F)(F)COCC=C)C(F)(F)C(F)(C(F)(F)COCC=C)C1(F)F. The van der Waals surface area contributed by atoms with Crippen molar-refractivity contribution in [2.45, 2.75) is 52.5 Å². The molecule has 0 aliphatic heterocycles. The van der Waals surface area contributed by atoms with E-state index in [0.29, 0.717) is 18.2 Å². The van der Waals surface area contributed by atoms with Crippen molar-refractivity contribution in [3.05, 3.63) is 38.0 Å². The van der Waals surface area contributed by atoms with Gasteiger partial charge in [0.25, 0.3) is 0 Å². The van der Waals surface area contributed by atoms with Crippen molar-refractivity contribution in [3.8, 4) is 0 Å². The molecule has 18 heteroatoms. The minimum Gasteiger partial charge on any atom is -0.371 e. The summed E-state index contributed by atoms with van der Waals surface area (Å²) in [6.07, 6.45) is 1.55. The molecule has 0 unspecified atom stereocenters. The molecule has 1 rings (SSSR count). The van der Waals surface area contributed by atoms with Crippen molar-refractivity contribution in [2.24, 2.45) is 0 Å². The molecule has 0 radical (unpaired) electrons. The van der Waals surface area contributed by atoms with Gasteiger partial charge in [-0.3, -0.25) is 0 Å². The molecule has 1 aliphatic carbocycles. The van der Waals surface area contributed by atoms with Crippen molar-refractivity contribution >= 4 is 0 Å². The van der Waals surface area contributed by atoms with E-state index in [0.717, 1.165) is 0 Å². The minimum atomic E-state index is -8.04. The van der Waals surface area contributed by atoms with Crippen LogP contribution in [0.1, 0.15) is 0 Å². The van der Waals surface area contributed by atoms with Crippen molar-refractivity contribution in [2.75, 3.05) is 39.6 Å². The lowest BCUT2D eigenvalue weighted by Crippen LogP contribution is -2.94. The van der Waals surface area contributed by atoms with E-state index in [1.165, 1.54) is 0 Å². The second kappa shape index (κ2) is 10.8. The third-order valence-electron chi connectivity index (χ3n) is 5.67. The van der Waals surface area contributed by atoms with E-state index in [4.69, 9.17) is 0 Å². The summed E-state index contributed by atoms with van der Waals surface area (Å²) in [4.78, 5) is 0. The molecule has 228 valence electrons. The van der Waals surface area contributed by atoms with Crippen LogP contribution < -0.4 is 0 Å². The van der Waals surface area contributed by atoms with Gasteiger partial charge in [0.15, 0.2) is 0 Å². The first-order valence-electron chi connectivity index (χ1n) is 10.3. The molecular weight excluding hydrogens is 585 g/mol. The molecule has 0 spiro atoms. The fourth-order valence-electron chi connectivity index (χ4n) is 3.79. The fraction of sp³-hybridized carbons (Fsp3) is 0.714. The molecule has 0 aromatic carbocycles. The summed E-state index contributed by atoms with van der Waals surface area (Å²) in [5.74, 6) is -44.5. The number of hydrogen-bond acceptors (Lipinski definition) is 3. The van der Waals surface area contributed by atoms with Crippen LogP contribution in [-0.4, -0.2) is 92.2 Å². The van der Waals surface area contributed by atoms with Crippen LogP contribution in [0.4, 0.5) is 65.9 Å². The van der Waals surface area contributed by atoms with Crippen molar-refractivity contribution < 1.29 is 80.1 Å². The van der Waals surface area contributed by atoms with Crippen molar-refractivity contribution in [1.29, 1.82) is 0 Å². The van der Waals surface area contributed by atoms with Gasteiger partial charge in [0, 0.05) is 0 Å². The molecule has 39 heavy (non-hydrogen) atoms. The Bertz CT molecular complexity index is 771. The lowest BCUT2D eigenvalue weighted by atomic mass is 9.56. The maximum Gasteiger partial charge on any atom is 0.339 e. The maximum absolute atomic E-state index is 15.6. The first-order valence-corrected chi connectivity index (χ1v) is 10.3. The number of hydrogen-bond donors (Lipinski definition) is 0. The van der Waals surface area contributed by atoms with Crippen LogP contribution in [0.15, 0.2) is 38.0 Å². The molecule has 0 N–H and O–H groups in total.